The van der Waals surface area contributed by atoms with E-state index in [0.717, 1.165) is 22.7 Å². The molecule has 0 aromatic carbocycles. The molecule has 3 heterocycles. The number of aromatic nitrogens is 1. The zero-order valence-corrected chi connectivity index (χ0v) is 16.8. The minimum Gasteiger partial charge on any atom is -0.467 e. The Morgan fingerprint density at radius 3 is 2.48 bits per heavy atom. The number of furan rings is 2. The number of carbonyl (C=O) groups excluding carboxylic acids is 2. The van der Waals surface area contributed by atoms with Gasteiger partial charge in [0.2, 0.25) is 11.8 Å². The highest BCUT2D eigenvalue weighted by Gasteiger charge is 2.12. The molecule has 0 spiro atoms. The second-order valence-electron chi connectivity index (χ2n) is 6.88. The Kier molecular flexibility index (Phi) is 6.39. The molecule has 0 aliphatic rings. The van der Waals surface area contributed by atoms with Gasteiger partial charge in [0.15, 0.2) is 0 Å². The molecule has 0 saturated carbocycles. The van der Waals surface area contributed by atoms with Gasteiger partial charge in [-0.15, -0.1) is 0 Å². The summed E-state index contributed by atoms with van der Waals surface area (Å²) in [5.74, 6) is 1.05. The van der Waals surface area contributed by atoms with E-state index in [1.807, 2.05) is 32.0 Å². The normalized spacial score (nSPS) is 11.1. The Hall–Kier alpha value is -3.48. The van der Waals surface area contributed by atoms with E-state index in [-0.39, 0.29) is 18.4 Å². The third-order valence-electron chi connectivity index (χ3n) is 4.71. The average molecular weight is 395 g/mol. The first kappa shape index (κ1) is 20.3. The molecule has 0 aliphatic heterocycles. The molecule has 3 rings (SSSR count). The maximum Gasteiger partial charge on any atom is 0.246 e. The van der Waals surface area contributed by atoms with Gasteiger partial charge in [-0.05, 0) is 55.8 Å². The molecule has 0 saturated heterocycles. The van der Waals surface area contributed by atoms with Gasteiger partial charge in [-0.2, -0.15) is 0 Å². The van der Waals surface area contributed by atoms with Crippen molar-refractivity contribution in [2.45, 2.75) is 26.9 Å². The second-order valence-corrected chi connectivity index (χ2v) is 6.88. The summed E-state index contributed by atoms with van der Waals surface area (Å²) in [6.45, 7) is 4.94. The smallest absolute Gasteiger partial charge is 0.246 e. The van der Waals surface area contributed by atoms with Crippen LogP contribution in [-0.4, -0.2) is 34.9 Å². The third kappa shape index (κ3) is 5.28. The van der Waals surface area contributed by atoms with E-state index in [9.17, 15) is 9.59 Å². The molecule has 0 bridgehead atoms. The lowest BCUT2D eigenvalue weighted by Crippen LogP contribution is -2.37. The molecule has 0 unspecified atom stereocenters. The maximum atomic E-state index is 12.4. The highest BCUT2D eigenvalue weighted by atomic mass is 16.3. The number of carbonyl (C=O) groups is 2. The van der Waals surface area contributed by atoms with E-state index < -0.39 is 0 Å². The Morgan fingerprint density at radius 2 is 1.83 bits per heavy atom. The predicted molar refractivity (Wildman–Crippen MR) is 109 cm³/mol. The van der Waals surface area contributed by atoms with Crippen molar-refractivity contribution >= 4 is 17.9 Å². The number of hydrogen-bond acceptors (Lipinski definition) is 4. The molecule has 7 heteroatoms. The van der Waals surface area contributed by atoms with E-state index >= 15 is 0 Å². The number of rotatable bonds is 8. The van der Waals surface area contributed by atoms with Gasteiger partial charge in [-0.25, -0.2) is 0 Å². The maximum absolute atomic E-state index is 12.4. The van der Waals surface area contributed by atoms with Gasteiger partial charge in [0, 0.05) is 24.5 Å². The first-order chi connectivity index (χ1) is 13.9. The predicted octanol–water partition coefficient (Wildman–Crippen LogP) is 3.13. The van der Waals surface area contributed by atoms with Crippen LogP contribution in [0.15, 0.2) is 57.8 Å². The number of amides is 2. The molecular weight excluding hydrogens is 370 g/mol. The standard InChI is InChI=1S/C22H25N3O4/c1-16-12-18(17(2)25(16)14-20-7-5-11-29-20)8-9-22(27)24(3)15-21(26)23-13-19-6-4-10-28-19/h4-12H,13-15H2,1-3H3,(H,23,26). The van der Waals surface area contributed by atoms with Gasteiger partial charge in [0.1, 0.15) is 11.5 Å². The molecule has 0 fully saturated rings. The van der Waals surface area contributed by atoms with Crippen molar-refractivity contribution in [1.82, 2.24) is 14.8 Å². The van der Waals surface area contributed by atoms with Crippen LogP contribution in [-0.2, 0) is 22.7 Å². The summed E-state index contributed by atoms with van der Waals surface area (Å²) >= 11 is 0. The zero-order chi connectivity index (χ0) is 20.8. The molecule has 0 radical (unpaired) electrons. The highest BCUT2D eigenvalue weighted by Crippen LogP contribution is 2.18. The summed E-state index contributed by atoms with van der Waals surface area (Å²) in [6, 6.07) is 9.36. The van der Waals surface area contributed by atoms with E-state index in [2.05, 4.69) is 9.88 Å². The molecular formula is C22H25N3O4. The molecule has 3 aromatic heterocycles. The van der Waals surface area contributed by atoms with Gasteiger partial charge in [-0.1, -0.05) is 0 Å². The molecule has 152 valence electrons. The van der Waals surface area contributed by atoms with Crippen molar-refractivity contribution in [3.8, 4) is 0 Å². The van der Waals surface area contributed by atoms with Gasteiger partial charge < -0.3 is 23.6 Å². The fourth-order valence-corrected chi connectivity index (χ4v) is 3.03. The van der Waals surface area contributed by atoms with Gasteiger partial charge >= 0.3 is 0 Å². The molecule has 29 heavy (non-hydrogen) atoms. The summed E-state index contributed by atoms with van der Waals surface area (Å²) in [7, 11) is 1.60. The number of nitrogens with one attached hydrogen (secondary N) is 1. The Labute approximate surface area is 169 Å². The van der Waals surface area contributed by atoms with E-state index in [4.69, 9.17) is 8.83 Å². The van der Waals surface area contributed by atoms with Gasteiger partial charge in [0.25, 0.3) is 0 Å². The van der Waals surface area contributed by atoms with Crippen LogP contribution in [0.25, 0.3) is 6.08 Å². The molecule has 3 aromatic rings. The summed E-state index contributed by atoms with van der Waals surface area (Å²) in [5, 5.41) is 2.72. The Bertz CT molecular complexity index is 982. The minimum absolute atomic E-state index is 0.0264. The molecule has 2 amide bonds. The van der Waals surface area contributed by atoms with Crippen LogP contribution < -0.4 is 5.32 Å². The Morgan fingerprint density at radius 1 is 1.14 bits per heavy atom. The van der Waals surface area contributed by atoms with Crippen molar-refractivity contribution in [3.05, 3.63) is 77.4 Å². The van der Waals surface area contributed by atoms with Crippen molar-refractivity contribution in [2.75, 3.05) is 13.6 Å². The number of aryl methyl sites for hydroxylation is 1. The molecule has 0 atom stereocenters. The summed E-state index contributed by atoms with van der Waals surface area (Å²) in [4.78, 5) is 25.7. The first-order valence-corrected chi connectivity index (χ1v) is 9.35. The summed E-state index contributed by atoms with van der Waals surface area (Å²) in [6.07, 6.45) is 6.47. The topological polar surface area (TPSA) is 80.6 Å². The lowest BCUT2D eigenvalue weighted by Gasteiger charge is -2.14. The van der Waals surface area contributed by atoms with Crippen LogP contribution in [0.2, 0.25) is 0 Å². The number of likely N-dealkylation sites (N-methyl/N-ethyl adjacent to an activating group) is 1. The molecule has 7 nitrogen and oxygen atoms in total. The largest absolute Gasteiger partial charge is 0.467 e. The lowest BCUT2D eigenvalue weighted by molar-refractivity contribution is -0.131. The minimum atomic E-state index is -0.248. The van der Waals surface area contributed by atoms with Crippen LogP contribution in [0, 0.1) is 13.8 Å². The fraction of sp³-hybridized carbons (Fsp3) is 0.273. The van der Waals surface area contributed by atoms with Crippen molar-refractivity contribution in [2.24, 2.45) is 0 Å². The highest BCUT2D eigenvalue weighted by molar-refractivity contribution is 5.94. The average Bonchev–Trinajstić information content (AvgIpc) is 3.44. The lowest BCUT2D eigenvalue weighted by atomic mass is 10.2. The zero-order valence-electron chi connectivity index (χ0n) is 16.8. The molecule has 0 aliphatic carbocycles. The van der Waals surface area contributed by atoms with Crippen LogP contribution in [0.5, 0.6) is 0 Å². The summed E-state index contributed by atoms with van der Waals surface area (Å²) < 4.78 is 12.7. The van der Waals surface area contributed by atoms with Crippen LogP contribution in [0.1, 0.15) is 28.5 Å². The number of hydrogen-bond donors (Lipinski definition) is 1. The van der Waals surface area contributed by atoms with Crippen LogP contribution in [0.3, 0.4) is 0 Å². The Balaban J connectivity index is 1.56. The van der Waals surface area contributed by atoms with E-state index in [1.54, 1.807) is 37.8 Å². The van der Waals surface area contributed by atoms with Crippen molar-refractivity contribution in [3.63, 3.8) is 0 Å². The SMILES string of the molecule is Cc1cc(C=CC(=O)N(C)CC(=O)NCc2ccco2)c(C)n1Cc1ccco1. The van der Waals surface area contributed by atoms with E-state index in [0.29, 0.717) is 18.8 Å². The van der Waals surface area contributed by atoms with Gasteiger partial charge in [-0.3, -0.25) is 9.59 Å². The van der Waals surface area contributed by atoms with Crippen molar-refractivity contribution in [1.29, 1.82) is 0 Å². The summed E-state index contributed by atoms with van der Waals surface area (Å²) in [5.41, 5.74) is 3.08. The molecule has 1 N–H and O–H groups in total. The monoisotopic (exact) mass is 395 g/mol. The second kappa shape index (κ2) is 9.14. The van der Waals surface area contributed by atoms with Gasteiger partial charge in [0.05, 0.1) is 32.2 Å². The van der Waals surface area contributed by atoms with Crippen LogP contribution >= 0.6 is 0 Å². The van der Waals surface area contributed by atoms with Crippen LogP contribution in [0.4, 0.5) is 0 Å². The third-order valence-corrected chi connectivity index (χ3v) is 4.71. The van der Waals surface area contributed by atoms with Crippen molar-refractivity contribution < 1.29 is 18.4 Å². The first-order valence-electron chi connectivity index (χ1n) is 9.35. The van der Waals surface area contributed by atoms with E-state index in [1.165, 1.54) is 11.0 Å². The quantitative estimate of drug-likeness (QED) is 0.594. The number of nitrogens with zero attached hydrogens (tertiary/aromatic N) is 2. The fourth-order valence-electron chi connectivity index (χ4n) is 3.03.